The Bertz CT molecular complexity index is 1110. The standard InChI is InChI=1S/C28H34N2O2/c1-19-16-23-24(28(4,5)13-12-27(23,2)3)18-20(19)17-22-9-10-25(32-22)26(31)30-15-11-21-8-6-7-14-29-21/h6-10,14,16,18H,11-13,15,17H2,1-5H3,(H,30,31). The van der Waals surface area contributed by atoms with Gasteiger partial charge in [0.05, 0.1) is 0 Å². The first-order valence-corrected chi connectivity index (χ1v) is 11.6. The Hall–Kier alpha value is -2.88. The quantitative estimate of drug-likeness (QED) is 0.530. The van der Waals surface area contributed by atoms with Crippen LogP contribution in [-0.2, 0) is 23.7 Å². The Balaban J connectivity index is 1.46. The zero-order chi connectivity index (χ0) is 22.9. The molecule has 0 atom stereocenters. The van der Waals surface area contributed by atoms with E-state index < -0.39 is 0 Å². The molecule has 32 heavy (non-hydrogen) atoms. The molecule has 0 saturated carbocycles. The molecule has 168 valence electrons. The van der Waals surface area contributed by atoms with Crippen LogP contribution in [0.1, 0.15) is 84.8 Å². The summed E-state index contributed by atoms with van der Waals surface area (Å²) in [7, 11) is 0. The van der Waals surface area contributed by atoms with E-state index in [1.807, 2.05) is 24.3 Å². The van der Waals surface area contributed by atoms with Crippen LogP contribution in [0.4, 0.5) is 0 Å². The molecular formula is C28H34N2O2. The molecule has 4 heteroatoms. The maximum atomic E-state index is 12.5. The number of nitrogens with zero attached hydrogens (tertiary/aromatic N) is 1. The van der Waals surface area contributed by atoms with E-state index in [2.05, 4.69) is 57.1 Å². The maximum Gasteiger partial charge on any atom is 0.287 e. The topological polar surface area (TPSA) is 55.1 Å². The average Bonchev–Trinajstić information content (AvgIpc) is 3.22. The van der Waals surface area contributed by atoms with Crippen LogP contribution in [0.2, 0.25) is 0 Å². The number of pyridine rings is 1. The summed E-state index contributed by atoms with van der Waals surface area (Å²) in [6, 6.07) is 14.2. The highest BCUT2D eigenvalue weighted by molar-refractivity contribution is 5.91. The highest BCUT2D eigenvalue weighted by Gasteiger charge is 2.37. The summed E-state index contributed by atoms with van der Waals surface area (Å²) in [5, 5.41) is 2.92. The van der Waals surface area contributed by atoms with Crippen molar-refractivity contribution in [3.63, 3.8) is 0 Å². The molecule has 1 amide bonds. The summed E-state index contributed by atoms with van der Waals surface area (Å²) in [6.45, 7) is 12.1. The normalized spacial score (nSPS) is 16.4. The molecule has 1 aromatic carbocycles. The van der Waals surface area contributed by atoms with Gasteiger partial charge >= 0.3 is 0 Å². The molecule has 1 aliphatic rings. The summed E-state index contributed by atoms with van der Waals surface area (Å²) in [6.07, 6.45) is 5.56. The monoisotopic (exact) mass is 430 g/mol. The predicted octanol–water partition coefficient (Wildman–Crippen LogP) is 5.90. The van der Waals surface area contributed by atoms with E-state index in [9.17, 15) is 4.79 Å². The van der Waals surface area contributed by atoms with E-state index in [-0.39, 0.29) is 16.7 Å². The lowest BCUT2D eigenvalue weighted by molar-refractivity contribution is 0.0925. The predicted molar refractivity (Wildman–Crippen MR) is 128 cm³/mol. The van der Waals surface area contributed by atoms with Crippen LogP contribution in [-0.4, -0.2) is 17.4 Å². The smallest absolute Gasteiger partial charge is 0.287 e. The lowest BCUT2D eigenvalue weighted by Gasteiger charge is -2.42. The van der Waals surface area contributed by atoms with Crippen molar-refractivity contribution in [3.05, 3.63) is 88.1 Å². The average molecular weight is 431 g/mol. The minimum Gasteiger partial charge on any atom is -0.456 e. The number of amides is 1. The van der Waals surface area contributed by atoms with E-state index >= 15 is 0 Å². The number of furan rings is 1. The molecule has 0 saturated heterocycles. The highest BCUT2D eigenvalue weighted by atomic mass is 16.3. The van der Waals surface area contributed by atoms with Crippen LogP contribution in [0.5, 0.6) is 0 Å². The summed E-state index contributed by atoms with van der Waals surface area (Å²) in [5.41, 5.74) is 6.82. The van der Waals surface area contributed by atoms with Crippen LogP contribution in [0, 0.1) is 6.92 Å². The SMILES string of the molecule is Cc1cc2c(cc1Cc1ccc(C(=O)NCCc3ccccn3)o1)C(C)(C)CCC2(C)C. The number of hydrogen-bond donors (Lipinski definition) is 1. The van der Waals surface area contributed by atoms with Crippen LogP contribution in [0.3, 0.4) is 0 Å². The lowest BCUT2D eigenvalue weighted by atomic mass is 9.62. The number of benzene rings is 1. The van der Waals surface area contributed by atoms with Gasteiger partial charge in [0, 0.05) is 31.3 Å². The Morgan fingerprint density at radius 3 is 2.44 bits per heavy atom. The first-order chi connectivity index (χ1) is 15.2. The fourth-order valence-electron chi connectivity index (χ4n) is 4.68. The van der Waals surface area contributed by atoms with Crippen LogP contribution in [0.25, 0.3) is 0 Å². The second-order valence-corrected chi connectivity index (χ2v) is 10.4. The summed E-state index contributed by atoms with van der Waals surface area (Å²) in [5.74, 6) is 0.992. The van der Waals surface area contributed by atoms with Crippen molar-refractivity contribution >= 4 is 5.91 Å². The number of aryl methyl sites for hydroxylation is 1. The number of hydrogen-bond acceptors (Lipinski definition) is 3. The van der Waals surface area contributed by atoms with Gasteiger partial charge in [0.25, 0.3) is 5.91 Å². The summed E-state index contributed by atoms with van der Waals surface area (Å²) in [4.78, 5) is 16.8. The third-order valence-electron chi connectivity index (χ3n) is 6.95. The molecular weight excluding hydrogens is 396 g/mol. The first-order valence-electron chi connectivity index (χ1n) is 11.6. The molecule has 1 N–H and O–H groups in total. The Kier molecular flexibility index (Phi) is 5.98. The Morgan fingerprint density at radius 1 is 1.03 bits per heavy atom. The van der Waals surface area contributed by atoms with Crippen LogP contribution < -0.4 is 5.32 Å². The van der Waals surface area contributed by atoms with E-state index in [1.54, 1.807) is 12.3 Å². The molecule has 0 unspecified atom stereocenters. The second kappa shape index (κ2) is 8.57. The second-order valence-electron chi connectivity index (χ2n) is 10.4. The van der Waals surface area contributed by atoms with E-state index in [1.165, 1.54) is 35.1 Å². The summed E-state index contributed by atoms with van der Waals surface area (Å²) >= 11 is 0. The zero-order valence-corrected chi connectivity index (χ0v) is 19.9. The number of nitrogens with one attached hydrogen (secondary N) is 1. The van der Waals surface area contributed by atoms with Crippen molar-refractivity contribution in [1.29, 1.82) is 0 Å². The van der Waals surface area contributed by atoms with Crippen LogP contribution >= 0.6 is 0 Å². The van der Waals surface area contributed by atoms with Crippen LogP contribution in [0.15, 0.2) is 53.1 Å². The van der Waals surface area contributed by atoms with Gasteiger partial charge in [-0.2, -0.15) is 0 Å². The molecule has 4 rings (SSSR count). The van der Waals surface area contributed by atoms with Gasteiger partial charge in [-0.15, -0.1) is 0 Å². The molecule has 0 spiro atoms. The van der Waals surface area contributed by atoms with Crippen molar-refractivity contribution in [2.24, 2.45) is 0 Å². The molecule has 0 radical (unpaired) electrons. The molecule has 2 heterocycles. The van der Waals surface area contributed by atoms with E-state index in [0.717, 1.165) is 11.5 Å². The van der Waals surface area contributed by atoms with Crippen molar-refractivity contribution in [2.45, 2.75) is 71.1 Å². The molecule has 0 aliphatic heterocycles. The molecule has 3 aromatic rings. The van der Waals surface area contributed by atoms with Gasteiger partial charge in [-0.3, -0.25) is 9.78 Å². The highest BCUT2D eigenvalue weighted by Crippen LogP contribution is 2.46. The van der Waals surface area contributed by atoms with Gasteiger partial charge in [0.2, 0.25) is 0 Å². The molecule has 2 aromatic heterocycles. The number of aromatic nitrogens is 1. The Labute approximate surface area is 191 Å². The third-order valence-corrected chi connectivity index (χ3v) is 6.95. The van der Waals surface area contributed by atoms with Gasteiger partial charge in [0.1, 0.15) is 5.76 Å². The first kappa shape index (κ1) is 22.3. The number of carbonyl (C=O) groups excluding carboxylic acids is 1. The zero-order valence-electron chi connectivity index (χ0n) is 19.9. The number of fused-ring (bicyclic) bond motifs is 1. The Morgan fingerprint density at radius 2 is 1.75 bits per heavy atom. The largest absolute Gasteiger partial charge is 0.456 e. The van der Waals surface area contributed by atoms with Crippen molar-refractivity contribution in [1.82, 2.24) is 10.3 Å². The summed E-state index contributed by atoms with van der Waals surface area (Å²) < 4.78 is 5.92. The van der Waals surface area contributed by atoms with Gasteiger partial charge in [-0.25, -0.2) is 0 Å². The van der Waals surface area contributed by atoms with Crippen molar-refractivity contribution < 1.29 is 9.21 Å². The lowest BCUT2D eigenvalue weighted by Crippen LogP contribution is -2.34. The fraction of sp³-hybridized carbons (Fsp3) is 0.429. The maximum absolute atomic E-state index is 12.5. The fourth-order valence-corrected chi connectivity index (χ4v) is 4.68. The molecule has 0 fully saturated rings. The van der Waals surface area contributed by atoms with Gasteiger partial charge in [-0.1, -0.05) is 45.9 Å². The molecule has 1 aliphatic carbocycles. The van der Waals surface area contributed by atoms with Gasteiger partial charge < -0.3 is 9.73 Å². The molecule has 0 bridgehead atoms. The van der Waals surface area contributed by atoms with E-state index in [4.69, 9.17) is 4.42 Å². The minimum absolute atomic E-state index is 0.176. The van der Waals surface area contributed by atoms with Gasteiger partial charge in [0.15, 0.2) is 5.76 Å². The van der Waals surface area contributed by atoms with Crippen molar-refractivity contribution in [3.8, 4) is 0 Å². The third kappa shape index (κ3) is 4.64. The van der Waals surface area contributed by atoms with Crippen molar-refractivity contribution in [2.75, 3.05) is 6.54 Å². The van der Waals surface area contributed by atoms with Gasteiger partial charge in [-0.05, 0) is 77.1 Å². The minimum atomic E-state index is -0.183. The number of rotatable bonds is 6. The number of carbonyl (C=O) groups is 1. The molecule has 4 nitrogen and oxygen atoms in total. The van der Waals surface area contributed by atoms with E-state index in [0.29, 0.717) is 25.1 Å².